The van der Waals surface area contributed by atoms with Gasteiger partial charge in [-0.1, -0.05) is 30.2 Å². The third-order valence-corrected chi connectivity index (χ3v) is 6.04. The zero-order chi connectivity index (χ0) is 13.2. The molecule has 0 amide bonds. The molecule has 0 spiro atoms. The van der Waals surface area contributed by atoms with Crippen molar-refractivity contribution in [3.8, 4) is 0 Å². The molecular weight excluding hydrogens is 270 g/mol. The van der Waals surface area contributed by atoms with Crippen molar-refractivity contribution in [2.45, 2.75) is 30.6 Å². The SMILES string of the molecule is CNC(c1cccc(Cl)c1)C1CCCCS1(=O)=O. The van der Waals surface area contributed by atoms with Gasteiger partial charge in [-0.25, -0.2) is 8.42 Å². The molecule has 1 saturated heterocycles. The van der Waals surface area contributed by atoms with Gasteiger partial charge in [0.25, 0.3) is 0 Å². The second kappa shape index (κ2) is 5.59. The fourth-order valence-electron chi connectivity index (χ4n) is 2.62. The average Bonchev–Trinajstić information content (AvgIpc) is 2.32. The van der Waals surface area contributed by atoms with Gasteiger partial charge in [0.15, 0.2) is 9.84 Å². The van der Waals surface area contributed by atoms with E-state index in [1.807, 2.05) is 18.2 Å². The summed E-state index contributed by atoms with van der Waals surface area (Å²) in [6.07, 6.45) is 2.48. The summed E-state index contributed by atoms with van der Waals surface area (Å²) in [5.41, 5.74) is 0.945. The number of nitrogens with one attached hydrogen (secondary N) is 1. The molecule has 0 saturated carbocycles. The van der Waals surface area contributed by atoms with E-state index in [9.17, 15) is 8.42 Å². The molecule has 100 valence electrons. The van der Waals surface area contributed by atoms with Crippen LogP contribution in [0.1, 0.15) is 30.9 Å². The molecule has 18 heavy (non-hydrogen) atoms. The fraction of sp³-hybridized carbons (Fsp3) is 0.538. The summed E-state index contributed by atoms with van der Waals surface area (Å²) in [5, 5.41) is 3.43. The summed E-state index contributed by atoms with van der Waals surface area (Å²) in [6.45, 7) is 0. The Bertz CT molecular complexity index is 515. The zero-order valence-electron chi connectivity index (χ0n) is 10.4. The van der Waals surface area contributed by atoms with Gasteiger partial charge in [0, 0.05) is 11.1 Å². The molecule has 0 aliphatic carbocycles. The van der Waals surface area contributed by atoms with E-state index in [1.165, 1.54) is 0 Å². The lowest BCUT2D eigenvalue weighted by Gasteiger charge is -2.30. The summed E-state index contributed by atoms with van der Waals surface area (Å²) < 4.78 is 24.3. The predicted molar refractivity (Wildman–Crippen MR) is 74.7 cm³/mol. The lowest BCUT2D eigenvalue weighted by Crippen LogP contribution is -2.39. The molecular formula is C13H18ClNO2S. The maximum Gasteiger partial charge on any atom is 0.155 e. The van der Waals surface area contributed by atoms with Crippen molar-refractivity contribution >= 4 is 21.4 Å². The number of hydrogen-bond acceptors (Lipinski definition) is 3. The molecule has 5 heteroatoms. The van der Waals surface area contributed by atoms with Crippen LogP contribution in [0.4, 0.5) is 0 Å². The van der Waals surface area contributed by atoms with E-state index in [0.29, 0.717) is 10.8 Å². The number of halogens is 1. The number of sulfone groups is 1. The normalized spacial score (nSPS) is 24.7. The van der Waals surface area contributed by atoms with Crippen LogP contribution in [0.3, 0.4) is 0 Å². The molecule has 2 rings (SSSR count). The highest BCUT2D eigenvalue weighted by Crippen LogP contribution is 2.31. The Balaban J connectivity index is 2.33. The van der Waals surface area contributed by atoms with Crippen LogP contribution in [-0.2, 0) is 9.84 Å². The van der Waals surface area contributed by atoms with Crippen molar-refractivity contribution in [1.82, 2.24) is 5.32 Å². The van der Waals surface area contributed by atoms with Crippen LogP contribution in [0.5, 0.6) is 0 Å². The minimum absolute atomic E-state index is 0.172. The van der Waals surface area contributed by atoms with E-state index in [0.717, 1.165) is 24.8 Å². The monoisotopic (exact) mass is 287 g/mol. The Morgan fingerprint density at radius 3 is 2.78 bits per heavy atom. The minimum Gasteiger partial charge on any atom is -0.312 e. The van der Waals surface area contributed by atoms with Crippen molar-refractivity contribution in [2.75, 3.05) is 12.8 Å². The zero-order valence-corrected chi connectivity index (χ0v) is 12.0. The summed E-state index contributed by atoms with van der Waals surface area (Å²) in [6, 6.07) is 7.25. The molecule has 1 aliphatic rings. The van der Waals surface area contributed by atoms with Gasteiger partial charge in [-0.3, -0.25) is 0 Å². The first-order chi connectivity index (χ1) is 8.54. The first-order valence-corrected chi connectivity index (χ1v) is 8.28. The van der Waals surface area contributed by atoms with Crippen molar-refractivity contribution < 1.29 is 8.42 Å². The highest BCUT2D eigenvalue weighted by molar-refractivity contribution is 7.92. The van der Waals surface area contributed by atoms with Crippen molar-refractivity contribution in [3.05, 3.63) is 34.9 Å². The summed E-state index contributed by atoms with van der Waals surface area (Å²) in [4.78, 5) is 0. The van der Waals surface area contributed by atoms with Crippen LogP contribution in [0.15, 0.2) is 24.3 Å². The molecule has 1 aromatic carbocycles. The lowest BCUT2D eigenvalue weighted by atomic mass is 10.00. The second-order valence-electron chi connectivity index (χ2n) is 4.72. The van der Waals surface area contributed by atoms with Gasteiger partial charge in [-0.15, -0.1) is 0 Å². The fourth-order valence-corrected chi connectivity index (χ4v) is 4.96. The van der Waals surface area contributed by atoms with Crippen LogP contribution in [0.25, 0.3) is 0 Å². The van der Waals surface area contributed by atoms with E-state index in [4.69, 9.17) is 11.6 Å². The van der Waals surface area contributed by atoms with Crippen LogP contribution in [0.2, 0.25) is 5.02 Å². The van der Waals surface area contributed by atoms with E-state index >= 15 is 0 Å². The van der Waals surface area contributed by atoms with Crippen LogP contribution >= 0.6 is 11.6 Å². The minimum atomic E-state index is -3.00. The molecule has 1 heterocycles. The number of benzene rings is 1. The standard InChI is InChI=1S/C13H18ClNO2S/c1-15-13(10-5-4-6-11(14)9-10)12-7-2-3-8-18(12,16)17/h4-6,9,12-13,15H,2-3,7-8H2,1H3. The maximum atomic E-state index is 12.2. The summed E-state index contributed by atoms with van der Waals surface area (Å²) in [7, 11) is -1.20. The van der Waals surface area contributed by atoms with Crippen molar-refractivity contribution in [2.24, 2.45) is 0 Å². The largest absolute Gasteiger partial charge is 0.312 e. The van der Waals surface area contributed by atoms with Crippen LogP contribution in [0, 0.1) is 0 Å². The van der Waals surface area contributed by atoms with E-state index in [-0.39, 0.29) is 11.3 Å². The van der Waals surface area contributed by atoms with Crippen molar-refractivity contribution in [1.29, 1.82) is 0 Å². The first-order valence-electron chi connectivity index (χ1n) is 6.19. The van der Waals surface area contributed by atoms with Gasteiger partial charge in [-0.2, -0.15) is 0 Å². The predicted octanol–water partition coefficient (Wildman–Crippen LogP) is 2.57. The lowest BCUT2D eigenvalue weighted by molar-refractivity contribution is 0.469. The third kappa shape index (κ3) is 2.87. The molecule has 2 atom stereocenters. The molecule has 1 N–H and O–H groups in total. The highest BCUT2D eigenvalue weighted by atomic mass is 35.5. The first kappa shape index (κ1) is 13.8. The Morgan fingerprint density at radius 2 is 2.17 bits per heavy atom. The molecule has 1 fully saturated rings. The maximum absolute atomic E-state index is 12.2. The van der Waals surface area contributed by atoms with Gasteiger partial charge < -0.3 is 5.32 Å². The van der Waals surface area contributed by atoms with Gasteiger partial charge in [-0.05, 0) is 37.6 Å². The van der Waals surface area contributed by atoms with Crippen LogP contribution < -0.4 is 5.32 Å². The summed E-state index contributed by atoms with van der Waals surface area (Å²) in [5.74, 6) is 0.302. The Kier molecular flexibility index (Phi) is 4.30. The van der Waals surface area contributed by atoms with Crippen molar-refractivity contribution in [3.63, 3.8) is 0 Å². The number of hydrogen-bond donors (Lipinski definition) is 1. The molecule has 3 nitrogen and oxygen atoms in total. The molecule has 1 aliphatic heterocycles. The quantitative estimate of drug-likeness (QED) is 0.929. The Hall–Kier alpha value is -0.580. The molecule has 0 aromatic heterocycles. The number of rotatable bonds is 3. The average molecular weight is 288 g/mol. The second-order valence-corrected chi connectivity index (χ2v) is 7.50. The highest BCUT2D eigenvalue weighted by Gasteiger charge is 2.35. The van der Waals surface area contributed by atoms with E-state index in [2.05, 4.69) is 5.32 Å². The Morgan fingerprint density at radius 1 is 1.39 bits per heavy atom. The Labute approximate surface area is 113 Å². The van der Waals surface area contributed by atoms with Gasteiger partial charge in [0.2, 0.25) is 0 Å². The molecule has 0 bridgehead atoms. The molecule has 2 unspecified atom stereocenters. The third-order valence-electron chi connectivity index (χ3n) is 3.52. The van der Waals surface area contributed by atoms with Gasteiger partial charge >= 0.3 is 0 Å². The molecule has 0 radical (unpaired) electrons. The smallest absolute Gasteiger partial charge is 0.155 e. The summed E-state index contributed by atoms with van der Waals surface area (Å²) >= 11 is 5.98. The topological polar surface area (TPSA) is 46.2 Å². The van der Waals surface area contributed by atoms with Crippen LogP contribution in [-0.4, -0.2) is 26.5 Å². The van der Waals surface area contributed by atoms with E-state index in [1.54, 1.807) is 13.1 Å². The van der Waals surface area contributed by atoms with Gasteiger partial charge in [0.1, 0.15) is 0 Å². The van der Waals surface area contributed by atoms with Gasteiger partial charge in [0.05, 0.1) is 11.0 Å². The van der Waals surface area contributed by atoms with E-state index < -0.39 is 9.84 Å². The molecule has 1 aromatic rings.